The van der Waals surface area contributed by atoms with Gasteiger partial charge in [0, 0.05) is 26.6 Å². The first kappa shape index (κ1) is 21.4. The standard InChI is InChI=1S/C18H29N3O5/c1-19-18(20-9-7-6-8-16(22)25-4)21-12-13-10-14(23-2)17(26-5)15(11-13)24-3/h10-11H,6-9,12H2,1-5H3,(H2,19,20,21). The summed E-state index contributed by atoms with van der Waals surface area (Å²) in [7, 11) is 7.85. The van der Waals surface area contributed by atoms with Crippen molar-refractivity contribution in [2.45, 2.75) is 25.8 Å². The van der Waals surface area contributed by atoms with E-state index in [4.69, 9.17) is 14.2 Å². The summed E-state index contributed by atoms with van der Waals surface area (Å²) in [4.78, 5) is 15.3. The lowest BCUT2D eigenvalue weighted by Crippen LogP contribution is -2.37. The number of benzene rings is 1. The first-order valence-electron chi connectivity index (χ1n) is 8.39. The molecule has 0 spiro atoms. The number of rotatable bonds is 10. The molecule has 0 aliphatic rings. The number of nitrogens with one attached hydrogen (secondary N) is 2. The summed E-state index contributed by atoms with van der Waals surface area (Å²) in [5.74, 6) is 2.27. The summed E-state index contributed by atoms with van der Waals surface area (Å²) < 4.78 is 20.7. The fraction of sp³-hybridized carbons (Fsp3) is 0.556. The van der Waals surface area contributed by atoms with Crippen LogP contribution < -0.4 is 24.8 Å². The number of unbranched alkanes of at least 4 members (excludes halogenated alkanes) is 1. The molecular weight excluding hydrogens is 338 g/mol. The van der Waals surface area contributed by atoms with Gasteiger partial charge < -0.3 is 29.6 Å². The predicted octanol–water partition coefficient (Wildman–Crippen LogP) is 1.72. The summed E-state index contributed by atoms with van der Waals surface area (Å²) in [6, 6.07) is 3.77. The molecule has 0 heterocycles. The molecule has 0 amide bonds. The molecule has 1 aromatic carbocycles. The lowest BCUT2D eigenvalue weighted by molar-refractivity contribution is -0.140. The number of aliphatic imine (C=N–C) groups is 1. The van der Waals surface area contributed by atoms with Crippen LogP contribution in [-0.4, -0.2) is 54.0 Å². The van der Waals surface area contributed by atoms with Gasteiger partial charge in [0.25, 0.3) is 0 Å². The molecule has 8 heteroatoms. The average Bonchev–Trinajstić information content (AvgIpc) is 2.68. The smallest absolute Gasteiger partial charge is 0.305 e. The Kier molecular flexibility index (Phi) is 9.74. The molecule has 1 rings (SSSR count). The van der Waals surface area contributed by atoms with Gasteiger partial charge in [-0.3, -0.25) is 9.79 Å². The number of guanidine groups is 1. The molecule has 0 saturated carbocycles. The van der Waals surface area contributed by atoms with E-state index in [1.165, 1.54) is 7.11 Å². The molecule has 0 atom stereocenters. The van der Waals surface area contributed by atoms with E-state index in [0.29, 0.717) is 42.7 Å². The van der Waals surface area contributed by atoms with E-state index >= 15 is 0 Å². The van der Waals surface area contributed by atoms with Gasteiger partial charge in [0.2, 0.25) is 5.75 Å². The molecule has 0 aromatic heterocycles. The van der Waals surface area contributed by atoms with Crippen LogP contribution in [0.5, 0.6) is 17.2 Å². The van der Waals surface area contributed by atoms with Crippen molar-refractivity contribution >= 4 is 11.9 Å². The molecule has 2 N–H and O–H groups in total. The van der Waals surface area contributed by atoms with Crippen LogP contribution in [-0.2, 0) is 16.1 Å². The number of carbonyl (C=O) groups excluding carboxylic acids is 1. The fourth-order valence-corrected chi connectivity index (χ4v) is 2.35. The Balaban J connectivity index is 2.54. The largest absolute Gasteiger partial charge is 0.493 e. The molecule has 0 saturated heterocycles. The Hall–Kier alpha value is -2.64. The van der Waals surface area contributed by atoms with Crippen LogP contribution in [0, 0.1) is 0 Å². The van der Waals surface area contributed by atoms with Crippen molar-refractivity contribution in [3.8, 4) is 17.2 Å². The van der Waals surface area contributed by atoms with Crippen LogP contribution in [0.2, 0.25) is 0 Å². The fourth-order valence-electron chi connectivity index (χ4n) is 2.35. The SMILES string of the molecule is CN=C(NCCCCC(=O)OC)NCc1cc(OC)c(OC)c(OC)c1. The minimum absolute atomic E-state index is 0.185. The van der Waals surface area contributed by atoms with Gasteiger partial charge in [-0.05, 0) is 30.5 Å². The Morgan fingerprint density at radius 1 is 1.00 bits per heavy atom. The maximum atomic E-state index is 11.1. The first-order chi connectivity index (χ1) is 12.6. The number of hydrogen-bond donors (Lipinski definition) is 2. The van der Waals surface area contributed by atoms with Crippen LogP contribution in [0.3, 0.4) is 0 Å². The lowest BCUT2D eigenvalue weighted by atomic mass is 10.2. The third kappa shape index (κ3) is 6.70. The average molecular weight is 367 g/mol. The normalized spacial score (nSPS) is 10.9. The van der Waals surface area contributed by atoms with Gasteiger partial charge in [-0.15, -0.1) is 0 Å². The number of esters is 1. The van der Waals surface area contributed by atoms with Crippen molar-refractivity contribution in [3.63, 3.8) is 0 Å². The van der Waals surface area contributed by atoms with Gasteiger partial charge in [0.15, 0.2) is 17.5 Å². The zero-order chi connectivity index (χ0) is 19.4. The molecule has 8 nitrogen and oxygen atoms in total. The van der Waals surface area contributed by atoms with Crippen molar-refractivity contribution in [2.75, 3.05) is 42.0 Å². The van der Waals surface area contributed by atoms with Crippen LogP contribution in [0.15, 0.2) is 17.1 Å². The molecule has 0 unspecified atom stereocenters. The van der Waals surface area contributed by atoms with Gasteiger partial charge in [0.1, 0.15) is 0 Å². The molecule has 26 heavy (non-hydrogen) atoms. The second-order valence-corrected chi connectivity index (χ2v) is 5.42. The molecule has 0 bridgehead atoms. The first-order valence-corrected chi connectivity index (χ1v) is 8.39. The Bertz CT molecular complexity index is 579. The van der Waals surface area contributed by atoms with Gasteiger partial charge in [-0.2, -0.15) is 0 Å². The quantitative estimate of drug-likeness (QED) is 0.282. The maximum absolute atomic E-state index is 11.1. The monoisotopic (exact) mass is 367 g/mol. The van der Waals surface area contributed by atoms with E-state index in [9.17, 15) is 4.79 Å². The lowest BCUT2D eigenvalue weighted by Gasteiger charge is -2.16. The minimum Gasteiger partial charge on any atom is -0.493 e. The Labute approximate surface area is 154 Å². The molecule has 146 valence electrons. The Morgan fingerprint density at radius 3 is 2.15 bits per heavy atom. The van der Waals surface area contributed by atoms with Crippen molar-refractivity contribution in [1.29, 1.82) is 0 Å². The minimum atomic E-state index is -0.185. The highest BCUT2D eigenvalue weighted by Gasteiger charge is 2.13. The topological polar surface area (TPSA) is 90.4 Å². The van der Waals surface area contributed by atoms with Gasteiger partial charge in [0.05, 0.1) is 28.4 Å². The maximum Gasteiger partial charge on any atom is 0.305 e. The van der Waals surface area contributed by atoms with Gasteiger partial charge in [-0.1, -0.05) is 0 Å². The van der Waals surface area contributed by atoms with E-state index in [1.54, 1.807) is 28.4 Å². The number of nitrogens with zero attached hydrogens (tertiary/aromatic N) is 1. The Morgan fingerprint density at radius 2 is 1.65 bits per heavy atom. The number of hydrogen-bond acceptors (Lipinski definition) is 6. The van der Waals surface area contributed by atoms with Gasteiger partial charge in [-0.25, -0.2) is 0 Å². The van der Waals surface area contributed by atoms with E-state index < -0.39 is 0 Å². The second kappa shape index (κ2) is 11.8. The van der Waals surface area contributed by atoms with E-state index in [0.717, 1.165) is 18.4 Å². The summed E-state index contributed by atoms with van der Waals surface area (Å²) in [6.07, 6.45) is 2.04. The van der Waals surface area contributed by atoms with Crippen LogP contribution >= 0.6 is 0 Å². The number of methoxy groups -OCH3 is 4. The molecule has 0 fully saturated rings. The summed E-state index contributed by atoms with van der Waals surface area (Å²) in [6.45, 7) is 1.25. The highest BCUT2D eigenvalue weighted by Crippen LogP contribution is 2.38. The van der Waals surface area contributed by atoms with Crippen molar-refractivity contribution in [1.82, 2.24) is 10.6 Å². The molecule has 1 aromatic rings. The van der Waals surface area contributed by atoms with Crippen molar-refractivity contribution in [2.24, 2.45) is 4.99 Å². The summed E-state index contributed by atoms with van der Waals surface area (Å²) in [5.41, 5.74) is 0.966. The van der Waals surface area contributed by atoms with E-state index in [-0.39, 0.29) is 5.97 Å². The molecule has 0 aliphatic heterocycles. The zero-order valence-corrected chi connectivity index (χ0v) is 16.2. The van der Waals surface area contributed by atoms with Crippen molar-refractivity contribution in [3.05, 3.63) is 17.7 Å². The summed E-state index contributed by atoms with van der Waals surface area (Å²) >= 11 is 0. The summed E-state index contributed by atoms with van der Waals surface area (Å²) in [5, 5.41) is 6.44. The van der Waals surface area contributed by atoms with Crippen LogP contribution in [0.25, 0.3) is 0 Å². The number of carbonyl (C=O) groups is 1. The highest BCUT2D eigenvalue weighted by atomic mass is 16.5. The second-order valence-electron chi connectivity index (χ2n) is 5.42. The zero-order valence-electron chi connectivity index (χ0n) is 16.2. The molecule has 0 radical (unpaired) electrons. The molecule has 0 aliphatic carbocycles. The third-order valence-electron chi connectivity index (χ3n) is 3.74. The van der Waals surface area contributed by atoms with E-state index in [1.807, 2.05) is 12.1 Å². The predicted molar refractivity (Wildman–Crippen MR) is 100 cm³/mol. The van der Waals surface area contributed by atoms with Gasteiger partial charge >= 0.3 is 5.97 Å². The highest BCUT2D eigenvalue weighted by molar-refractivity contribution is 5.79. The van der Waals surface area contributed by atoms with Crippen molar-refractivity contribution < 1.29 is 23.7 Å². The van der Waals surface area contributed by atoms with E-state index in [2.05, 4.69) is 20.4 Å². The third-order valence-corrected chi connectivity index (χ3v) is 3.74. The van der Waals surface area contributed by atoms with Crippen LogP contribution in [0.4, 0.5) is 0 Å². The molecular formula is C18H29N3O5. The number of ether oxygens (including phenoxy) is 4. The van der Waals surface area contributed by atoms with Crippen LogP contribution in [0.1, 0.15) is 24.8 Å².